The number of alkyl halides is 3. The van der Waals surface area contributed by atoms with E-state index in [2.05, 4.69) is 10.3 Å². The maximum absolute atomic E-state index is 14.9. The Morgan fingerprint density at radius 2 is 1.31 bits per heavy atom. The first-order valence-corrected chi connectivity index (χ1v) is 16.6. The van der Waals surface area contributed by atoms with E-state index in [1.165, 1.54) is 12.1 Å². The highest BCUT2D eigenvalue weighted by Gasteiger charge is 2.43. The Labute approximate surface area is 290 Å². The van der Waals surface area contributed by atoms with Crippen molar-refractivity contribution in [3.63, 3.8) is 0 Å². The number of rotatable bonds is 10. The zero-order valence-corrected chi connectivity index (χ0v) is 27.2. The minimum atomic E-state index is -5.04. The van der Waals surface area contributed by atoms with Crippen molar-refractivity contribution in [3.05, 3.63) is 119 Å². The third-order valence-electron chi connectivity index (χ3n) is 9.39. The lowest BCUT2D eigenvalue weighted by molar-refractivity contribution is -0.162. The van der Waals surface area contributed by atoms with Crippen molar-refractivity contribution in [2.45, 2.75) is 74.5 Å². The molecule has 13 heteroatoms. The van der Waals surface area contributed by atoms with Gasteiger partial charge in [0, 0.05) is 36.9 Å². The molecule has 6 unspecified atom stereocenters. The lowest BCUT2D eigenvalue weighted by Crippen LogP contribution is -2.41. The van der Waals surface area contributed by atoms with E-state index >= 15 is 0 Å². The number of hydrogen-bond donors (Lipinski definition) is 4. The number of hydrogen-bond acceptors (Lipinski definition) is 7. The number of nitrogens with one attached hydrogen (secondary N) is 2. The Bertz CT molecular complexity index is 1850. The Kier molecular flexibility index (Phi) is 10.6. The molecule has 3 heterocycles. The Hall–Kier alpha value is -5.01. The number of esters is 2. The van der Waals surface area contributed by atoms with Gasteiger partial charge in [-0.1, -0.05) is 60.7 Å². The van der Waals surface area contributed by atoms with E-state index in [1.54, 1.807) is 60.7 Å². The van der Waals surface area contributed by atoms with Crippen LogP contribution in [0.5, 0.6) is 0 Å². The van der Waals surface area contributed by atoms with Crippen LogP contribution >= 0.6 is 0 Å². The Morgan fingerprint density at radius 3 is 1.82 bits per heavy atom. The van der Waals surface area contributed by atoms with Gasteiger partial charge in [0.15, 0.2) is 0 Å². The summed E-state index contributed by atoms with van der Waals surface area (Å²) in [7, 11) is 0. The van der Waals surface area contributed by atoms with Crippen molar-refractivity contribution in [2.24, 2.45) is 0 Å². The SMILES string of the molecule is O=C1CC(O)CC(C(CNC(=O)c2c(C(F)(F)F)[nH]c(-c3ccc(F)cc3)c2CC(c2ccccc2)C2CC(O)CC(=O)O2)c2ccccc2)O1. The smallest absolute Gasteiger partial charge is 0.432 e. The minimum absolute atomic E-state index is 0.0139. The van der Waals surface area contributed by atoms with Crippen LogP contribution in [-0.2, 0) is 31.7 Å². The van der Waals surface area contributed by atoms with Crippen LogP contribution in [-0.4, -0.2) is 64.0 Å². The van der Waals surface area contributed by atoms with Crippen LogP contribution in [0.4, 0.5) is 17.6 Å². The van der Waals surface area contributed by atoms with Crippen LogP contribution in [0.25, 0.3) is 11.3 Å². The second kappa shape index (κ2) is 15.1. The number of H-pyrrole nitrogens is 1. The molecule has 51 heavy (non-hydrogen) atoms. The van der Waals surface area contributed by atoms with Gasteiger partial charge in [0.05, 0.1) is 30.6 Å². The molecule has 3 aromatic carbocycles. The summed E-state index contributed by atoms with van der Waals surface area (Å²) in [5.74, 6) is -4.52. The third-order valence-corrected chi connectivity index (χ3v) is 9.39. The van der Waals surface area contributed by atoms with E-state index in [0.717, 1.165) is 12.1 Å². The van der Waals surface area contributed by atoms with Crippen LogP contribution in [0.15, 0.2) is 84.9 Å². The second-order valence-electron chi connectivity index (χ2n) is 12.9. The predicted molar refractivity (Wildman–Crippen MR) is 176 cm³/mol. The number of benzene rings is 3. The molecule has 4 N–H and O–H groups in total. The van der Waals surface area contributed by atoms with E-state index in [4.69, 9.17) is 9.47 Å². The quantitative estimate of drug-likeness (QED) is 0.121. The molecule has 268 valence electrons. The zero-order chi connectivity index (χ0) is 36.3. The van der Waals surface area contributed by atoms with Crippen LogP contribution in [0.2, 0.25) is 0 Å². The summed E-state index contributed by atoms with van der Waals surface area (Å²) in [5, 5.41) is 23.4. The number of amides is 1. The first-order valence-electron chi connectivity index (χ1n) is 16.6. The van der Waals surface area contributed by atoms with Crippen LogP contribution in [0.3, 0.4) is 0 Å². The first-order chi connectivity index (χ1) is 24.4. The molecule has 4 aromatic rings. The fourth-order valence-electron chi connectivity index (χ4n) is 7.02. The fraction of sp³-hybridized carbons (Fsp3) is 0.342. The van der Waals surface area contributed by atoms with Gasteiger partial charge >= 0.3 is 18.1 Å². The lowest BCUT2D eigenvalue weighted by Gasteiger charge is -2.33. The van der Waals surface area contributed by atoms with Crippen molar-refractivity contribution in [1.29, 1.82) is 0 Å². The van der Waals surface area contributed by atoms with Gasteiger partial charge < -0.3 is 30.0 Å². The summed E-state index contributed by atoms with van der Waals surface area (Å²) >= 11 is 0. The molecule has 2 saturated heterocycles. The highest BCUT2D eigenvalue weighted by atomic mass is 19.4. The molecule has 9 nitrogen and oxygen atoms in total. The average molecular weight is 709 g/mol. The van der Waals surface area contributed by atoms with E-state index in [9.17, 15) is 42.2 Å². The first kappa shape index (κ1) is 35.8. The molecule has 0 bridgehead atoms. The van der Waals surface area contributed by atoms with Crippen LogP contribution in [0, 0.1) is 5.82 Å². The molecule has 0 spiro atoms. The Balaban J connectivity index is 1.44. The molecule has 6 rings (SSSR count). The molecule has 0 aliphatic carbocycles. The largest absolute Gasteiger partial charge is 0.462 e. The number of aliphatic hydroxyl groups excluding tert-OH is 2. The fourth-order valence-corrected chi connectivity index (χ4v) is 7.02. The summed E-state index contributed by atoms with van der Waals surface area (Å²) < 4.78 is 69.8. The van der Waals surface area contributed by atoms with Gasteiger partial charge in [0.25, 0.3) is 5.91 Å². The second-order valence-corrected chi connectivity index (χ2v) is 12.9. The summed E-state index contributed by atoms with van der Waals surface area (Å²) in [6, 6.07) is 22.1. The maximum Gasteiger partial charge on any atom is 0.432 e. The monoisotopic (exact) mass is 708 g/mol. The number of halogens is 4. The number of aliphatic hydroxyl groups is 2. The highest BCUT2D eigenvalue weighted by molar-refractivity contribution is 5.99. The van der Waals surface area contributed by atoms with Gasteiger partial charge in [0.2, 0.25) is 0 Å². The van der Waals surface area contributed by atoms with Gasteiger partial charge in [-0.3, -0.25) is 14.4 Å². The molecule has 0 saturated carbocycles. The van der Waals surface area contributed by atoms with Gasteiger partial charge in [0.1, 0.15) is 23.7 Å². The highest BCUT2D eigenvalue weighted by Crippen LogP contribution is 2.42. The summed E-state index contributed by atoms with van der Waals surface area (Å²) in [6.45, 7) is -0.254. The molecular formula is C38H36F4N2O7. The molecule has 2 fully saturated rings. The van der Waals surface area contributed by atoms with Gasteiger partial charge in [-0.15, -0.1) is 0 Å². The number of aromatic nitrogens is 1. The predicted octanol–water partition coefficient (Wildman–Crippen LogP) is 5.81. The Morgan fingerprint density at radius 1 is 0.804 bits per heavy atom. The van der Waals surface area contributed by atoms with E-state index in [1.807, 2.05) is 0 Å². The molecule has 1 aromatic heterocycles. The molecule has 0 radical (unpaired) electrons. The van der Waals surface area contributed by atoms with E-state index in [-0.39, 0.29) is 55.5 Å². The van der Waals surface area contributed by atoms with E-state index in [0.29, 0.717) is 11.1 Å². The minimum Gasteiger partial charge on any atom is -0.462 e. The summed E-state index contributed by atoms with van der Waals surface area (Å²) in [6.07, 6.45) is -9.50. The average Bonchev–Trinajstić information content (AvgIpc) is 3.48. The maximum atomic E-state index is 14.9. The number of aromatic amines is 1. The van der Waals surface area contributed by atoms with Gasteiger partial charge in [-0.2, -0.15) is 13.2 Å². The summed E-state index contributed by atoms with van der Waals surface area (Å²) in [4.78, 5) is 41.3. The topological polar surface area (TPSA) is 138 Å². The summed E-state index contributed by atoms with van der Waals surface area (Å²) in [5.41, 5.74) is -0.794. The molecule has 2 aliphatic rings. The zero-order valence-electron chi connectivity index (χ0n) is 27.2. The normalized spacial score (nSPS) is 22.1. The van der Waals surface area contributed by atoms with Crippen molar-refractivity contribution >= 4 is 17.8 Å². The van der Waals surface area contributed by atoms with Crippen molar-refractivity contribution in [3.8, 4) is 11.3 Å². The van der Waals surface area contributed by atoms with Gasteiger partial charge in [-0.05, 0) is 52.9 Å². The standard InChI is InChI=1S/C38H36F4N2O7/c39-24-13-11-23(12-14-24)35-28(19-27(21-7-3-1-4-8-21)30-15-25(45)17-32(47)50-30)34(36(44-35)38(40,41)42)37(49)43-20-29(22-9-5-2-6-10-22)31-16-26(46)18-33(48)51-31/h1-14,25-27,29-31,44-46H,15-20H2,(H,43,49). The number of ether oxygens (including phenoxy) is 2. The van der Waals surface area contributed by atoms with Crippen LogP contribution < -0.4 is 5.32 Å². The van der Waals surface area contributed by atoms with Crippen molar-refractivity contribution in [1.82, 2.24) is 10.3 Å². The van der Waals surface area contributed by atoms with E-state index < -0.39 is 77.3 Å². The molecule has 2 aliphatic heterocycles. The van der Waals surface area contributed by atoms with Crippen LogP contribution in [0.1, 0.15) is 70.3 Å². The molecule has 6 atom stereocenters. The lowest BCUT2D eigenvalue weighted by atomic mass is 9.82. The number of carbonyl (C=O) groups is 3. The van der Waals surface area contributed by atoms with Crippen molar-refractivity contribution in [2.75, 3.05) is 6.54 Å². The number of carbonyl (C=O) groups excluding carboxylic acids is 3. The van der Waals surface area contributed by atoms with Gasteiger partial charge in [-0.25, -0.2) is 4.39 Å². The molecule has 1 amide bonds. The molecular weight excluding hydrogens is 672 g/mol. The third kappa shape index (κ3) is 8.32. The number of cyclic esters (lactones) is 2. The van der Waals surface area contributed by atoms with Crippen molar-refractivity contribution < 1.29 is 51.6 Å².